The topological polar surface area (TPSA) is 73.5 Å². The van der Waals surface area contributed by atoms with Gasteiger partial charge in [-0.05, 0) is 12.5 Å². The van der Waals surface area contributed by atoms with Gasteiger partial charge in [-0.2, -0.15) is 0 Å². The molecule has 1 heterocycles. The highest BCUT2D eigenvalue weighted by molar-refractivity contribution is 5.95. The maximum absolute atomic E-state index is 11.8. The number of halogens is 1. The van der Waals surface area contributed by atoms with E-state index in [1.807, 2.05) is 30.3 Å². The second-order valence-corrected chi connectivity index (χ2v) is 5.24. The van der Waals surface area contributed by atoms with Crippen LogP contribution < -0.4 is 16.0 Å². The standard InChI is InChI=1S/C15H22N4O2.ClH/c1-12-9-16-7-8-19(12)11-14(20)18-15(21)17-10-13-5-3-2-4-6-13;/h2-6,12,16H,7-11H2,1H3,(H2,17,18,20,21);1H/t12-;/m0./s1. The average molecular weight is 327 g/mol. The molecular weight excluding hydrogens is 304 g/mol. The molecule has 1 saturated heterocycles. The van der Waals surface area contributed by atoms with Gasteiger partial charge in [0.1, 0.15) is 0 Å². The summed E-state index contributed by atoms with van der Waals surface area (Å²) in [6, 6.07) is 9.43. The SMILES string of the molecule is C[C@H]1CNCCN1CC(=O)NC(=O)NCc1ccccc1.Cl. The zero-order chi connectivity index (χ0) is 15.1. The number of carbonyl (C=O) groups excluding carboxylic acids is 2. The number of piperazine rings is 1. The van der Waals surface area contributed by atoms with E-state index in [2.05, 4.69) is 27.8 Å². The van der Waals surface area contributed by atoms with Crippen molar-refractivity contribution in [2.45, 2.75) is 19.5 Å². The number of benzene rings is 1. The van der Waals surface area contributed by atoms with Crippen molar-refractivity contribution in [3.05, 3.63) is 35.9 Å². The summed E-state index contributed by atoms with van der Waals surface area (Å²) >= 11 is 0. The molecule has 122 valence electrons. The molecule has 1 aromatic rings. The molecular formula is C15H23ClN4O2. The molecule has 0 bridgehead atoms. The quantitative estimate of drug-likeness (QED) is 0.762. The summed E-state index contributed by atoms with van der Waals surface area (Å²) in [6.45, 7) is 5.28. The number of amides is 3. The number of urea groups is 1. The molecule has 1 aromatic carbocycles. The fourth-order valence-corrected chi connectivity index (χ4v) is 2.29. The molecule has 0 saturated carbocycles. The van der Waals surface area contributed by atoms with Crippen molar-refractivity contribution < 1.29 is 9.59 Å². The van der Waals surface area contributed by atoms with E-state index in [4.69, 9.17) is 0 Å². The average Bonchev–Trinajstić information content (AvgIpc) is 2.48. The Hall–Kier alpha value is -1.63. The van der Waals surface area contributed by atoms with Crippen LogP contribution in [-0.2, 0) is 11.3 Å². The predicted octanol–water partition coefficient (Wildman–Crippen LogP) is 0.728. The fourth-order valence-electron chi connectivity index (χ4n) is 2.29. The summed E-state index contributed by atoms with van der Waals surface area (Å²) in [5.41, 5.74) is 0.996. The smallest absolute Gasteiger partial charge is 0.321 e. The van der Waals surface area contributed by atoms with Crippen molar-refractivity contribution in [2.24, 2.45) is 0 Å². The molecule has 1 atom stereocenters. The highest BCUT2D eigenvalue weighted by atomic mass is 35.5. The van der Waals surface area contributed by atoms with Crippen LogP contribution in [0.2, 0.25) is 0 Å². The van der Waals surface area contributed by atoms with E-state index >= 15 is 0 Å². The Kier molecular flexibility index (Phi) is 7.87. The van der Waals surface area contributed by atoms with Gasteiger partial charge in [0.25, 0.3) is 0 Å². The Morgan fingerprint density at radius 1 is 1.32 bits per heavy atom. The third-order valence-corrected chi connectivity index (χ3v) is 3.53. The van der Waals surface area contributed by atoms with E-state index in [9.17, 15) is 9.59 Å². The van der Waals surface area contributed by atoms with Gasteiger partial charge in [-0.3, -0.25) is 15.0 Å². The van der Waals surface area contributed by atoms with Crippen LogP contribution in [0, 0.1) is 0 Å². The molecule has 0 radical (unpaired) electrons. The summed E-state index contributed by atoms with van der Waals surface area (Å²) in [5.74, 6) is -0.269. The molecule has 3 N–H and O–H groups in total. The minimum absolute atomic E-state index is 0. The number of nitrogens with one attached hydrogen (secondary N) is 3. The van der Waals surface area contributed by atoms with Crippen LogP contribution in [0.5, 0.6) is 0 Å². The minimum atomic E-state index is -0.452. The molecule has 1 aliphatic rings. The Bertz CT molecular complexity index is 484. The second-order valence-electron chi connectivity index (χ2n) is 5.24. The molecule has 0 aliphatic carbocycles. The van der Waals surface area contributed by atoms with Gasteiger partial charge in [0.05, 0.1) is 6.54 Å². The van der Waals surface area contributed by atoms with Crippen molar-refractivity contribution in [1.29, 1.82) is 0 Å². The van der Waals surface area contributed by atoms with Crippen LogP contribution in [0.3, 0.4) is 0 Å². The molecule has 1 fully saturated rings. The molecule has 0 unspecified atom stereocenters. The van der Waals surface area contributed by atoms with E-state index in [-0.39, 0.29) is 24.9 Å². The number of nitrogens with zero attached hydrogens (tertiary/aromatic N) is 1. The maximum atomic E-state index is 11.8. The van der Waals surface area contributed by atoms with Crippen molar-refractivity contribution in [2.75, 3.05) is 26.2 Å². The lowest BCUT2D eigenvalue weighted by Crippen LogP contribution is -2.53. The molecule has 7 heteroatoms. The Balaban J connectivity index is 0.00000242. The largest absolute Gasteiger partial charge is 0.334 e. The molecule has 3 amide bonds. The monoisotopic (exact) mass is 326 g/mol. The van der Waals surface area contributed by atoms with E-state index < -0.39 is 6.03 Å². The molecule has 6 nitrogen and oxygen atoms in total. The molecule has 0 spiro atoms. The molecule has 1 aliphatic heterocycles. The lowest BCUT2D eigenvalue weighted by Gasteiger charge is -2.33. The van der Waals surface area contributed by atoms with Gasteiger partial charge >= 0.3 is 6.03 Å². The summed E-state index contributed by atoms with van der Waals surface area (Å²) in [7, 11) is 0. The number of hydrogen-bond acceptors (Lipinski definition) is 4. The van der Waals surface area contributed by atoms with E-state index in [0.717, 1.165) is 25.2 Å². The second kappa shape index (κ2) is 9.40. The normalized spacial score (nSPS) is 18.1. The number of rotatable bonds is 4. The first-order valence-corrected chi connectivity index (χ1v) is 7.21. The van der Waals surface area contributed by atoms with Gasteiger partial charge in [0, 0.05) is 32.2 Å². The lowest BCUT2D eigenvalue weighted by atomic mass is 10.2. The highest BCUT2D eigenvalue weighted by Crippen LogP contribution is 2.01. The number of hydrogen-bond donors (Lipinski definition) is 3. The van der Waals surface area contributed by atoms with Gasteiger partial charge in [-0.15, -0.1) is 12.4 Å². The van der Waals surface area contributed by atoms with Gasteiger partial charge in [-0.25, -0.2) is 4.79 Å². The lowest BCUT2D eigenvalue weighted by molar-refractivity contribution is -0.121. The van der Waals surface area contributed by atoms with Gasteiger partial charge in [0.2, 0.25) is 5.91 Å². The Morgan fingerprint density at radius 3 is 2.73 bits per heavy atom. The third-order valence-electron chi connectivity index (χ3n) is 3.53. The van der Waals surface area contributed by atoms with Crippen LogP contribution in [0.1, 0.15) is 12.5 Å². The van der Waals surface area contributed by atoms with Crippen molar-refractivity contribution in [3.8, 4) is 0 Å². The van der Waals surface area contributed by atoms with Gasteiger partial charge < -0.3 is 10.6 Å². The first-order valence-electron chi connectivity index (χ1n) is 7.21. The van der Waals surface area contributed by atoms with Crippen LogP contribution >= 0.6 is 12.4 Å². The number of imide groups is 1. The van der Waals surface area contributed by atoms with Crippen LogP contribution in [0.4, 0.5) is 4.79 Å². The number of carbonyl (C=O) groups is 2. The van der Waals surface area contributed by atoms with Gasteiger partial charge in [0.15, 0.2) is 0 Å². The molecule has 22 heavy (non-hydrogen) atoms. The summed E-state index contributed by atoms with van der Waals surface area (Å²) in [4.78, 5) is 25.6. The fraction of sp³-hybridized carbons (Fsp3) is 0.467. The summed E-state index contributed by atoms with van der Waals surface area (Å²) in [5, 5.41) is 8.31. The predicted molar refractivity (Wildman–Crippen MR) is 88.0 cm³/mol. The first-order chi connectivity index (χ1) is 10.1. The Morgan fingerprint density at radius 2 is 2.05 bits per heavy atom. The van der Waals surface area contributed by atoms with E-state index in [1.165, 1.54) is 0 Å². The molecule has 2 rings (SSSR count). The molecule has 0 aromatic heterocycles. The highest BCUT2D eigenvalue weighted by Gasteiger charge is 2.20. The zero-order valence-corrected chi connectivity index (χ0v) is 13.5. The third kappa shape index (κ3) is 6.01. The zero-order valence-electron chi connectivity index (χ0n) is 12.7. The van der Waals surface area contributed by atoms with Gasteiger partial charge in [-0.1, -0.05) is 30.3 Å². The van der Waals surface area contributed by atoms with Crippen LogP contribution in [-0.4, -0.2) is 49.1 Å². The van der Waals surface area contributed by atoms with Crippen molar-refractivity contribution in [3.63, 3.8) is 0 Å². The van der Waals surface area contributed by atoms with Crippen LogP contribution in [0.15, 0.2) is 30.3 Å². The minimum Gasteiger partial charge on any atom is -0.334 e. The summed E-state index contributed by atoms with van der Waals surface area (Å²) < 4.78 is 0. The Labute approximate surface area is 137 Å². The van der Waals surface area contributed by atoms with E-state index in [0.29, 0.717) is 12.6 Å². The van der Waals surface area contributed by atoms with Crippen molar-refractivity contribution >= 4 is 24.3 Å². The van der Waals surface area contributed by atoms with E-state index in [1.54, 1.807) is 0 Å². The van der Waals surface area contributed by atoms with Crippen LogP contribution in [0.25, 0.3) is 0 Å². The van der Waals surface area contributed by atoms with Crippen molar-refractivity contribution in [1.82, 2.24) is 20.9 Å². The summed E-state index contributed by atoms with van der Waals surface area (Å²) in [6.07, 6.45) is 0. The first kappa shape index (κ1) is 18.4. The maximum Gasteiger partial charge on any atom is 0.321 e.